The molecule has 0 saturated heterocycles. The predicted octanol–water partition coefficient (Wildman–Crippen LogP) is 2.61. The van der Waals surface area contributed by atoms with E-state index in [0.29, 0.717) is 18.5 Å². The maximum atomic E-state index is 12.3. The van der Waals surface area contributed by atoms with Gasteiger partial charge in [0.15, 0.2) is 0 Å². The Balaban J connectivity index is 2.52. The Hall–Kier alpha value is -1.82. The molecule has 0 aliphatic heterocycles. The van der Waals surface area contributed by atoms with Gasteiger partial charge < -0.3 is 10.4 Å². The number of nitrogens with one attached hydrogen (secondary N) is 1. The summed E-state index contributed by atoms with van der Waals surface area (Å²) >= 11 is 0. The molecular formula is C14H16F3NO2. The Morgan fingerprint density at radius 3 is 2.45 bits per heavy atom. The lowest BCUT2D eigenvalue weighted by Gasteiger charge is -2.06. The zero-order valence-corrected chi connectivity index (χ0v) is 10.9. The van der Waals surface area contributed by atoms with Crippen LogP contribution in [0.2, 0.25) is 0 Å². The number of aliphatic hydroxyl groups excluding tert-OH is 1. The molecule has 6 heteroatoms. The van der Waals surface area contributed by atoms with E-state index in [0.717, 1.165) is 12.1 Å². The molecule has 3 nitrogen and oxygen atoms in total. The molecule has 1 atom stereocenters. The molecule has 20 heavy (non-hydrogen) atoms. The van der Waals surface area contributed by atoms with Crippen LogP contribution in [0.5, 0.6) is 0 Å². The zero-order chi connectivity index (χ0) is 15.2. The van der Waals surface area contributed by atoms with Crippen molar-refractivity contribution in [3.8, 4) is 0 Å². The first-order valence-corrected chi connectivity index (χ1v) is 6.10. The zero-order valence-electron chi connectivity index (χ0n) is 10.9. The van der Waals surface area contributed by atoms with Crippen molar-refractivity contribution in [3.05, 3.63) is 41.5 Å². The van der Waals surface area contributed by atoms with E-state index in [2.05, 4.69) is 5.32 Å². The molecule has 0 aliphatic rings. The minimum Gasteiger partial charge on any atom is -0.393 e. The number of alkyl halides is 3. The fraction of sp³-hybridized carbons (Fsp3) is 0.357. The van der Waals surface area contributed by atoms with E-state index in [1.807, 2.05) is 0 Å². The second kappa shape index (κ2) is 7.09. The number of carbonyl (C=O) groups is 1. The van der Waals surface area contributed by atoms with Crippen LogP contribution in [-0.4, -0.2) is 23.7 Å². The van der Waals surface area contributed by atoms with Crippen molar-refractivity contribution < 1.29 is 23.1 Å². The van der Waals surface area contributed by atoms with Crippen molar-refractivity contribution in [3.63, 3.8) is 0 Å². The topological polar surface area (TPSA) is 49.3 Å². The van der Waals surface area contributed by atoms with Crippen LogP contribution >= 0.6 is 0 Å². The van der Waals surface area contributed by atoms with Crippen molar-refractivity contribution in [1.82, 2.24) is 5.32 Å². The van der Waals surface area contributed by atoms with Gasteiger partial charge in [0.25, 0.3) is 0 Å². The van der Waals surface area contributed by atoms with Crippen LogP contribution in [0, 0.1) is 0 Å². The van der Waals surface area contributed by atoms with Crippen LogP contribution in [0.1, 0.15) is 24.5 Å². The first-order chi connectivity index (χ1) is 9.29. The highest BCUT2D eigenvalue weighted by molar-refractivity contribution is 5.91. The van der Waals surface area contributed by atoms with Crippen LogP contribution in [0.3, 0.4) is 0 Å². The number of aliphatic hydroxyl groups is 1. The number of benzene rings is 1. The molecule has 1 aromatic carbocycles. The largest absolute Gasteiger partial charge is 0.416 e. The lowest BCUT2D eigenvalue weighted by atomic mass is 10.1. The smallest absolute Gasteiger partial charge is 0.393 e. The maximum absolute atomic E-state index is 12.3. The summed E-state index contributed by atoms with van der Waals surface area (Å²) in [6, 6.07) is 4.51. The number of rotatable bonds is 5. The van der Waals surface area contributed by atoms with Gasteiger partial charge in [-0.3, -0.25) is 4.79 Å². The van der Waals surface area contributed by atoms with Crippen molar-refractivity contribution in [2.45, 2.75) is 25.6 Å². The lowest BCUT2D eigenvalue weighted by Crippen LogP contribution is -2.24. The molecule has 0 saturated carbocycles. The van der Waals surface area contributed by atoms with Gasteiger partial charge in [0, 0.05) is 12.6 Å². The van der Waals surface area contributed by atoms with Gasteiger partial charge in [-0.15, -0.1) is 0 Å². The van der Waals surface area contributed by atoms with Crippen molar-refractivity contribution in [2.24, 2.45) is 0 Å². The lowest BCUT2D eigenvalue weighted by molar-refractivity contribution is -0.137. The van der Waals surface area contributed by atoms with E-state index in [4.69, 9.17) is 5.11 Å². The molecule has 0 fully saturated rings. The van der Waals surface area contributed by atoms with E-state index in [9.17, 15) is 18.0 Å². The van der Waals surface area contributed by atoms with Crippen molar-refractivity contribution in [2.75, 3.05) is 6.54 Å². The molecule has 0 spiro atoms. The third-order valence-electron chi connectivity index (χ3n) is 2.53. The monoisotopic (exact) mass is 287 g/mol. The highest BCUT2D eigenvalue weighted by Crippen LogP contribution is 2.29. The second-order valence-corrected chi connectivity index (χ2v) is 4.38. The highest BCUT2D eigenvalue weighted by atomic mass is 19.4. The normalized spacial score (nSPS) is 13.4. The summed E-state index contributed by atoms with van der Waals surface area (Å²) in [7, 11) is 0. The molecule has 0 aliphatic carbocycles. The third kappa shape index (κ3) is 5.88. The summed E-state index contributed by atoms with van der Waals surface area (Å²) in [6.07, 6.45) is -1.74. The minimum absolute atomic E-state index is 0.341. The SMILES string of the molecule is CC(O)CCNC(=O)C=Cc1ccc(C(F)(F)F)cc1. The number of hydrogen-bond donors (Lipinski definition) is 2. The number of carbonyl (C=O) groups excluding carboxylic acids is 1. The van der Waals surface area contributed by atoms with Gasteiger partial charge in [-0.2, -0.15) is 13.2 Å². The van der Waals surface area contributed by atoms with Crippen LogP contribution in [0.15, 0.2) is 30.3 Å². The average Bonchev–Trinajstić information content (AvgIpc) is 2.35. The van der Waals surface area contributed by atoms with Gasteiger partial charge >= 0.3 is 6.18 Å². The number of hydrogen-bond acceptors (Lipinski definition) is 2. The molecule has 2 N–H and O–H groups in total. The minimum atomic E-state index is -4.36. The molecule has 1 aromatic rings. The average molecular weight is 287 g/mol. The van der Waals surface area contributed by atoms with E-state index in [1.54, 1.807) is 6.92 Å². The molecule has 0 heterocycles. The van der Waals surface area contributed by atoms with Crippen molar-refractivity contribution in [1.29, 1.82) is 0 Å². The molecular weight excluding hydrogens is 271 g/mol. The summed E-state index contributed by atoms with van der Waals surface area (Å²) in [4.78, 5) is 11.4. The Labute approximate surface area is 115 Å². The third-order valence-corrected chi connectivity index (χ3v) is 2.53. The Bertz CT molecular complexity index is 464. The molecule has 1 unspecified atom stereocenters. The molecule has 1 rings (SSSR count). The van der Waals surface area contributed by atoms with Gasteiger partial charge in [-0.05, 0) is 37.1 Å². The summed E-state index contributed by atoms with van der Waals surface area (Å²) in [5, 5.41) is 11.6. The highest BCUT2D eigenvalue weighted by Gasteiger charge is 2.29. The summed E-state index contributed by atoms with van der Waals surface area (Å²) in [5.74, 6) is -0.356. The first kappa shape index (κ1) is 16.2. The van der Waals surface area contributed by atoms with Gasteiger partial charge in [0.1, 0.15) is 0 Å². The Morgan fingerprint density at radius 1 is 1.35 bits per heavy atom. The van der Waals surface area contributed by atoms with Crippen molar-refractivity contribution >= 4 is 12.0 Å². The van der Waals surface area contributed by atoms with Gasteiger partial charge in [0.05, 0.1) is 11.7 Å². The van der Waals surface area contributed by atoms with Gasteiger partial charge in [-0.25, -0.2) is 0 Å². The predicted molar refractivity (Wildman–Crippen MR) is 69.8 cm³/mol. The molecule has 110 valence electrons. The van der Waals surface area contributed by atoms with E-state index >= 15 is 0 Å². The molecule has 0 bridgehead atoms. The Morgan fingerprint density at radius 2 is 1.95 bits per heavy atom. The fourth-order valence-corrected chi connectivity index (χ4v) is 1.42. The van der Waals surface area contributed by atoms with Crippen LogP contribution < -0.4 is 5.32 Å². The van der Waals surface area contributed by atoms with E-state index in [1.165, 1.54) is 24.3 Å². The van der Waals surface area contributed by atoms with Gasteiger partial charge in [-0.1, -0.05) is 12.1 Å². The van der Waals surface area contributed by atoms with Crippen LogP contribution in [-0.2, 0) is 11.0 Å². The Kier molecular flexibility index (Phi) is 5.76. The number of halogens is 3. The second-order valence-electron chi connectivity index (χ2n) is 4.38. The maximum Gasteiger partial charge on any atom is 0.416 e. The summed E-state index contributed by atoms with van der Waals surface area (Å²) in [6.45, 7) is 1.96. The first-order valence-electron chi connectivity index (χ1n) is 6.10. The fourth-order valence-electron chi connectivity index (χ4n) is 1.42. The number of amides is 1. The summed E-state index contributed by atoms with van der Waals surface area (Å²) in [5.41, 5.74) is -0.222. The van der Waals surface area contributed by atoms with E-state index in [-0.39, 0.29) is 5.91 Å². The molecule has 0 radical (unpaired) electrons. The van der Waals surface area contributed by atoms with Gasteiger partial charge in [0.2, 0.25) is 5.91 Å². The van der Waals surface area contributed by atoms with E-state index < -0.39 is 17.8 Å². The van der Waals surface area contributed by atoms with Crippen LogP contribution in [0.4, 0.5) is 13.2 Å². The summed E-state index contributed by atoms with van der Waals surface area (Å²) < 4.78 is 37.0. The quantitative estimate of drug-likeness (QED) is 0.818. The molecule has 0 aromatic heterocycles. The standard InChI is InChI=1S/C14H16F3NO2/c1-10(19)8-9-18-13(20)7-4-11-2-5-12(6-3-11)14(15,16)17/h2-7,10,19H,8-9H2,1H3,(H,18,20). The molecule has 1 amide bonds. The van der Waals surface area contributed by atoms with Crippen LogP contribution in [0.25, 0.3) is 6.08 Å².